The van der Waals surface area contributed by atoms with Gasteiger partial charge >= 0.3 is 5.97 Å². The molecule has 9 heteroatoms. The van der Waals surface area contributed by atoms with Crippen LogP contribution in [0.2, 0.25) is 0 Å². The molecule has 1 N–H and O–H groups in total. The van der Waals surface area contributed by atoms with Crippen molar-refractivity contribution in [2.24, 2.45) is 0 Å². The summed E-state index contributed by atoms with van der Waals surface area (Å²) in [7, 11) is 0. The van der Waals surface area contributed by atoms with Crippen LogP contribution >= 0.6 is 22.6 Å². The zero-order valence-electron chi connectivity index (χ0n) is 22.9. The van der Waals surface area contributed by atoms with E-state index in [1.807, 2.05) is 36.4 Å². The molecule has 0 radical (unpaired) electrons. The monoisotopic (exact) mass is 658 g/mol. The van der Waals surface area contributed by atoms with Gasteiger partial charge in [0.25, 0.3) is 5.56 Å². The number of carbonyl (C=O) groups excluding carboxylic acids is 1. The quantitative estimate of drug-likeness (QED) is 0.133. The molecule has 2 aromatic carbocycles. The van der Waals surface area contributed by atoms with Crippen molar-refractivity contribution in [2.75, 3.05) is 0 Å². The Morgan fingerprint density at radius 2 is 1.82 bits per heavy atom. The summed E-state index contributed by atoms with van der Waals surface area (Å²) in [5.41, 5.74) is -0.0222. The summed E-state index contributed by atoms with van der Waals surface area (Å²) in [5, 5.41) is 11.9. The number of aliphatic hydroxyl groups is 1. The molecule has 7 nitrogen and oxygen atoms in total. The van der Waals surface area contributed by atoms with E-state index in [9.17, 15) is 19.1 Å². The zero-order chi connectivity index (χ0) is 29.1. The molecular formula is C31H32FIN2O5. The van der Waals surface area contributed by atoms with E-state index in [0.717, 1.165) is 11.1 Å². The fourth-order valence-electron chi connectivity index (χ4n) is 4.31. The lowest BCUT2D eigenvalue weighted by Crippen LogP contribution is -2.34. The topological polar surface area (TPSA) is 90.7 Å². The third-order valence-electron chi connectivity index (χ3n) is 6.45. The molecule has 0 saturated heterocycles. The Morgan fingerprint density at radius 1 is 1.10 bits per heavy atom. The van der Waals surface area contributed by atoms with Crippen LogP contribution < -0.4 is 10.3 Å². The van der Waals surface area contributed by atoms with Crippen LogP contribution in [0, 0.1) is 9.52 Å². The highest BCUT2D eigenvalue weighted by atomic mass is 127. The molecular weight excluding hydrogens is 626 g/mol. The SMILES string of the molecule is CCC(O)(CC(=O)OC(C)(C)C)c1ccn(Cc2cc3cc(OCc4ccccc4)c(F)cc3nc2I)c(=O)c1. The number of hydrogen-bond donors (Lipinski definition) is 1. The molecule has 1 atom stereocenters. The Bertz CT molecular complexity index is 1580. The second kappa shape index (κ2) is 12.1. The van der Waals surface area contributed by atoms with Crippen LogP contribution in [-0.4, -0.2) is 26.2 Å². The minimum absolute atomic E-state index is 0.121. The number of hydrogen-bond acceptors (Lipinski definition) is 6. The zero-order valence-corrected chi connectivity index (χ0v) is 25.1. The summed E-state index contributed by atoms with van der Waals surface area (Å²) in [6.07, 6.45) is 1.56. The van der Waals surface area contributed by atoms with Gasteiger partial charge in [0.05, 0.1) is 18.5 Å². The normalized spacial score (nSPS) is 13.2. The Morgan fingerprint density at radius 3 is 2.48 bits per heavy atom. The smallest absolute Gasteiger partial charge is 0.309 e. The molecule has 210 valence electrons. The number of halogens is 2. The number of benzene rings is 2. The van der Waals surface area contributed by atoms with E-state index in [1.165, 1.54) is 16.7 Å². The number of rotatable bonds is 9. The molecule has 0 amide bonds. The van der Waals surface area contributed by atoms with Crippen LogP contribution in [0.25, 0.3) is 10.9 Å². The van der Waals surface area contributed by atoms with Crippen LogP contribution in [0.1, 0.15) is 57.2 Å². The predicted octanol–water partition coefficient (Wildman–Crippen LogP) is 6.10. The Labute approximate surface area is 246 Å². The van der Waals surface area contributed by atoms with Gasteiger partial charge in [-0.1, -0.05) is 37.3 Å². The number of ether oxygens (including phenoxy) is 2. The third-order valence-corrected chi connectivity index (χ3v) is 7.38. The first kappa shape index (κ1) is 29.7. The Hall–Kier alpha value is -3.31. The first-order valence-corrected chi connectivity index (χ1v) is 14.1. The highest BCUT2D eigenvalue weighted by Gasteiger charge is 2.33. The third kappa shape index (κ3) is 7.25. The summed E-state index contributed by atoms with van der Waals surface area (Å²) in [6.45, 7) is 7.47. The highest BCUT2D eigenvalue weighted by molar-refractivity contribution is 14.1. The molecule has 2 aromatic heterocycles. The van der Waals surface area contributed by atoms with E-state index in [4.69, 9.17) is 9.47 Å². The van der Waals surface area contributed by atoms with E-state index in [1.54, 1.807) is 46.0 Å². The van der Waals surface area contributed by atoms with Crippen molar-refractivity contribution in [3.8, 4) is 5.75 Å². The number of esters is 1. The summed E-state index contributed by atoms with van der Waals surface area (Å²) in [5.74, 6) is -0.918. The molecule has 0 bridgehead atoms. The lowest BCUT2D eigenvalue weighted by molar-refractivity contribution is -0.161. The van der Waals surface area contributed by atoms with Crippen molar-refractivity contribution in [3.05, 3.63) is 103 Å². The molecule has 40 heavy (non-hydrogen) atoms. The molecule has 0 spiro atoms. The van der Waals surface area contributed by atoms with Gasteiger partial charge in [-0.25, -0.2) is 9.37 Å². The fourth-order valence-corrected chi connectivity index (χ4v) is 4.90. The van der Waals surface area contributed by atoms with Crippen molar-refractivity contribution in [1.82, 2.24) is 9.55 Å². The van der Waals surface area contributed by atoms with E-state index in [-0.39, 0.29) is 37.3 Å². The van der Waals surface area contributed by atoms with Gasteiger partial charge in [-0.2, -0.15) is 0 Å². The molecule has 0 saturated carbocycles. The van der Waals surface area contributed by atoms with Crippen molar-refractivity contribution in [3.63, 3.8) is 0 Å². The number of carbonyl (C=O) groups is 1. The van der Waals surface area contributed by atoms with E-state index >= 15 is 0 Å². The van der Waals surface area contributed by atoms with Gasteiger partial charge in [0.15, 0.2) is 11.6 Å². The van der Waals surface area contributed by atoms with Crippen LogP contribution in [-0.2, 0) is 28.3 Å². The van der Waals surface area contributed by atoms with E-state index in [0.29, 0.717) is 20.2 Å². The van der Waals surface area contributed by atoms with E-state index in [2.05, 4.69) is 27.6 Å². The van der Waals surface area contributed by atoms with E-state index < -0.39 is 23.0 Å². The Kier molecular flexibility index (Phi) is 8.94. The summed E-state index contributed by atoms with van der Waals surface area (Å²) >= 11 is 2.07. The number of aromatic nitrogens is 2. The average molecular weight is 659 g/mol. The maximum absolute atomic E-state index is 14.7. The Balaban J connectivity index is 1.57. The summed E-state index contributed by atoms with van der Waals surface area (Å²) in [6, 6.07) is 17.3. The highest BCUT2D eigenvalue weighted by Crippen LogP contribution is 2.30. The van der Waals surface area contributed by atoms with Crippen molar-refractivity contribution in [1.29, 1.82) is 0 Å². The van der Waals surface area contributed by atoms with Gasteiger partial charge < -0.3 is 19.1 Å². The number of nitrogens with zero attached hydrogens (tertiary/aromatic N) is 2. The molecule has 2 heterocycles. The maximum atomic E-state index is 14.7. The molecule has 4 rings (SSSR count). The average Bonchev–Trinajstić information content (AvgIpc) is 2.88. The van der Waals surface area contributed by atoms with Gasteiger partial charge in [0.2, 0.25) is 0 Å². The van der Waals surface area contributed by atoms with Crippen molar-refractivity contribution >= 4 is 39.5 Å². The molecule has 0 aliphatic heterocycles. The van der Waals surface area contributed by atoms with Crippen LogP contribution in [0.15, 0.2) is 71.7 Å². The van der Waals surface area contributed by atoms with Gasteiger partial charge in [-0.05, 0) is 79.1 Å². The molecule has 1 unspecified atom stereocenters. The van der Waals surface area contributed by atoms with Gasteiger partial charge in [-0.15, -0.1) is 0 Å². The van der Waals surface area contributed by atoms with Crippen molar-refractivity contribution in [2.45, 2.75) is 64.9 Å². The first-order valence-electron chi connectivity index (χ1n) is 13.0. The molecule has 0 fully saturated rings. The minimum Gasteiger partial charge on any atom is -0.486 e. The van der Waals surface area contributed by atoms with Crippen molar-refractivity contribution < 1.29 is 23.8 Å². The predicted molar refractivity (Wildman–Crippen MR) is 160 cm³/mol. The minimum atomic E-state index is -1.53. The molecule has 0 aliphatic rings. The van der Waals surface area contributed by atoms with Crippen LogP contribution in [0.5, 0.6) is 5.75 Å². The second-order valence-electron chi connectivity index (χ2n) is 10.7. The van der Waals surface area contributed by atoms with Gasteiger partial charge in [0, 0.05) is 29.3 Å². The maximum Gasteiger partial charge on any atom is 0.309 e. The number of fused-ring (bicyclic) bond motifs is 1. The fraction of sp³-hybridized carbons (Fsp3) is 0.323. The van der Waals surface area contributed by atoms with Crippen LogP contribution in [0.4, 0.5) is 4.39 Å². The summed E-state index contributed by atoms with van der Waals surface area (Å²) in [4.78, 5) is 30.0. The van der Waals surface area contributed by atoms with Crippen LogP contribution in [0.3, 0.4) is 0 Å². The standard InChI is InChI=1S/C31H32FIN2O5/c1-5-31(38,17-28(37)40-30(2,3)4)23-11-12-35(27(36)15-23)18-22-13-21-14-26(24(32)16-25(21)34-29(22)33)39-19-20-9-7-6-8-10-20/h6-16,38H,5,17-19H2,1-4H3. The molecule has 0 aliphatic carbocycles. The van der Waals surface area contributed by atoms with Gasteiger partial charge in [0.1, 0.15) is 21.5 Å². The second-order valence-corrected chi connectivity index (χ2v) is 11.7. The molecule has 4 aromatic rings. The van der Waals surface area contributed by atoms with Gasteiger partial charge in [-0.3, -0.25) is 9.59 Å². The summed E-state index contributed by atoms with van der Waals surface area (Å²) < 4.78 is 27.9. The lowest BCUT2D eigenvalue weighted by Gasteiger charge is -2.28. The lowest BCUT2D eigenvalue weighted by atomic mass is 9.88. The number of pyridine rings is 2. The first-order chi connectivity index (χ1) is 18.9. The largest absolute Gasteiger partial charge is 0.486 e.